The fourth-order valence-electron chi connectivity index (χ4n) is 0.653. The van der Waals surface area contributed by atoms with Crippen LogP contribution in [-0.4, -0.2) is 28.7 Å². The Balaban J connectivity index is 0. The van der Waals surface area contributed by atoms with Gasteiger partial charge in [0.2, 0.25) is 0 Å². The molecular formula is C9H19NO3S. The van der Waals surface area contributed by atoms with Gasteiger partial charge < -0.3 is 15.6 Å². The van der Waals surface area contributed by atoms with Crippen LogP contribution in [0.4, 0.5) is 0 Å². The number of nitrogens with two attached hydrogens (primary N) is 1. The standard InChI is InChI=1S/C6H12O.C3H7NO2S/c1-5(2)4-6(3)7;4-2(1-7)3(5)6/h5H,4H2,1-3H3;2,7H,1,4H2,(H,5,6)/t;2-/m.0/s1. The topological polar surface area (TPSA) is 80.4 Å². The highest BCUT2D eigenvalue weighted by Crippen LogP contribution is 1.97. The highest BCUT2D eigenvalue weighted by molar-refractivity contribution is 7.80. The first-order valence-electron chi connectivity index (χ1n) is 4.39. The second kappa shape index (κ2) is 9.02. The Kier molecular flexibility index (Phi) is 10.2. The monoisotopic (exact) mass is 221 g/mol. The van der Waals surface area contributed by atoms with Crippen molar-refractivity contribution in [3.8, 4) is 0 Å². The third kappa shape index (κ3) is 14.0. The number of aliphatic carboxylic acids is 1. The second-order valence-corrected chi connectivity index (χ2v) is 3.79. The van der Waals surface area contributed by atoms with Gasteiger partial charge in [-0.15, -0.1) is 0 Å². The summed E-state index contributed by atoms with van der Waals surface area (Å²) < 4.78 is 0. The second-order valence-electron chi connectivity index (χ2n) is 3.43. The van der Waals surface area contributed by atoms with Gasteiger partial charge in [0.15, 0.2) is 0 Å². The number of hydrogen-bond acceptors (Lipinski definition) is 4. The number of ketones is 1. The zero-order valence-electron chi connectivity index (χ0n) is 8.86. The molecule has 0 aromatic carbocycles. The quantitative estimate of drug-likeness (QED) is 0.617. The van der Waals surface area contributed by atoms with Gasteiger partial charge in [0, 0.05) is 12.2 Å². The van der Waals surface area contributed by atoms with Crippen LogP contribution in [0.1, 0.15) is 27.2 Å². The van der Waals surface area contributed by atoms with E-state index in [4.69, 9.17) is 10.8 Å². The van der Waals surface area contributed by atoms with Crippen LogP contribution in [0, 0.1) is 5.92 Å². The minimum Gasteiger partial charge on any atom is -0.480 e. The van der Waals surface area contributed by atoms with Crippen molar-refractivity contribution < 1.29 is 14.7 Å². The molecule has 5 heteroatoms. The van der Waals surface area contributed by atoms with Gasteiger partial charge in [0.25, 0.3) is 0 Å². The van der Waals surface area contributed by atoms with E-state index >= 15 is 0 Å². The van der Waals surface area contributed by atoms with Crippen LogP contribution in [0.15, 0.2) is 0 Å². The molecule has 0 aromatic heterocycles. The number of carboxylic acid groups (broad SMARTS) is 1. The molecule has 0 amide bonds. The lowest BCUT2D eigenvalue weighted by Gasteiger charge is -1.96. The average molecular weight is 221 g/mol. The number of thiol groups is 1. The van der Waals surface area contributed by atoms with Gasteiger partial charge in [0.1, 0.15) is 11.8 Å². The summed E-state index contributed by atoms with van der Waals surface area (Å²) in [6, 6.07) is -0.816. The zero-order valence-corrected chi connectivity index (χ0v) is 9.75. The Morgan fingerprint density at radius 3 is 1.86 bits per heavy atom. The molecule has 0 fully saturated rings. The third-order valence-electron chi connectivity index (χ3n) is 1.21. The highest BCUT2D eigenvalue weighted by Gasteiger charge is 2.06. The summed E-state index contributed by atoms with van der Waals surface area (Å²) in [5.41, 5.74) is 4.94. The Morgan fingerprint density at radius 2 is 1.86 bits per heavy atom. The van der Waals surface area contributed by atoms with Crippen molar-refractivity contribution in [2.45, 2.75) is 33.2 Å². The Morgan fingerprint density at radius 1 is 1.43 bits per heavy atom. The summed E-state index contributed by atoms with van der Waals surface area (Å²) in [6.45, 7) is 5.71. The smallest absolute Gasteiger partial charge is 0.321 e. The molecule has 4 nitrogen and oxygen atoms in total. The Hall–Kier alpha value is -0.550. The highest BCUT2D eigenvalue weighted by atomic mass is 32.1. The Labute approximate surface area is 90.3 Å². The van der Waals surface area contributed by atoms with Gasteiger partial charge >= 0.3 is 5.97 Å². The minimum atomic E-state index is -1.00. The molecule has 0 unspecified atom stereocenters. The van der Waals surface area contributed by atoms with E-state index in [-0.39, 0.29) is 11.5 Å². The van der Waals surface area contributed by atoms with E-state index in [1.807, 2.05) is 13.8 Å². The molecular weight excluding hydrogens is 202 g/mol. The fraction of sp³-hybridized carbons (Fsp3) is 0.778. The van der Waals surface area contributed by atoms with E-state index in [0.717, 1.165) is 6.42 Å². The zero-order chi connectivity index (χ0) is 11.7. The predicted molar refractivity (Wildman–Crippen MR) is 59.6 cm³/mol. The summed E-state index contributed by atoms with van der Waals surface area (Å²) in [6.07, 6.45) is 0.722. The molecule has 0 aliphatic heterocycles. The van der Waals surface area contributed by atoms with E-state index in [9.17, 15) is 9.59 Å². The predicted octanol–water partition coefficient (Wildman–Crippen LogP) is 0.950. The van der Waals surface area contributed by atoms with Crippen LogP contribution in [-0.2, 0) is 9.59 Å². The van der Waals surface area contributed by atoms with Crippen molar-refractivity contribution in [3.05, 3.63) is 0 Å². The van der Waals surface area contributed by atoms with Crippen molar-refractivity contribution in [2.75, 3.05) is 5.75 Å². The van der Waals surface area contributed by atoms with Crippen LogP contribution in [0.3, 0.4) is 0 Å². The normalized spacial score (nSPS) is 11.6. The van der Waals surface area contributed by atoms with Crippen molar-refractivity contribution >= 4 is 24.4 Å². The lowest BCUT2D eigenvalue weighted by Crippen LogP contribution is -2.31. The Bertz CT molecular complexity index is 183. The lowest BCUT2D eigenvalue weighted by atomic mass is 10.1. The molecule has 0 spiro atoms. The fourth-order valence-corrected chi connectivity index (χ4v) is 0.809. The molecule has 84 valence electrons. The first-order valence-corrected chi connectivity index (χ1v) is 5.03. The summed E-state index contributed by atoms with van der Waals surface area (Å²) in [5, 5.41) is 8.01. The molecule has 0 aliphatic carbocycles. The van der Waals surface area contributed by atoms with Crippen LogP contribution in [0.25, 0.3) is 0 Å². The number of carbonyl (C=O) groups excluding carboxylic acids is 1. The summed E-state index contributed by atoms with van der Waals surface area (Å²) in [5.74, 6) is -0.00231. The van der Waals surface area contributed by atoms with Crippen molar-refractivity contribution in [1.29, 1.82) is 0 Å². The number of rotatable bonds is 4. The van der Waals surface area contributed by atoms with Crippen molar-refractivity contribution in [2.24, 2.45) is 11.7 Å². The van der Waals surface area contributed by atoms with E-state index in [0.29, 0.717) is 5.92 Å². The van der Waals surface area contributed by atoms with Gasteiger partial charge in [0.05, 0.1) is 0 Å². The molecule has 0 saturated heterocycles. The van der Waals surface area contributed by atoms with E-state index in [1.54, 1.807) is 6.92 Å². The van der Waals surface area contributed by atoms with Gasteiger partial charge in [-0.2, -0.15) is 12.6 Å². The first-order chi connectivity index (χ1) is 6.31. The molecule has 0 bridgehead atoms. The van der Waals surface area contributed by atoms with Gasteiger partial charge in [-0.3, -0.25) is 4.79 Å². The lowest BCUT2D eigenvalue weighted by molar-refractivity contribution is -0.137. The number of Topliss-reactive ketones (excluding diaryl/α,β-unsaturated/α-hetero) is 1. The molecule has 14 heavy (non-hydrogen) atoms. The van der Waals surface area contributed by atoms with Crippen molar-refractivity contribution in [3.63, 3.8) is 0 Å². The van der Waals surface area contributed by atoms with Crippen LogP contribution in [0.5, 0.6) is 0 Å². The molecule has 0 heterocycles. The van der Waals surface area contributed by atoms with E-state index in [1.165, 1.54) is 0 Å². The summed E-state index contributed by atoms with van der Waals surface area (Å²) >= 11 is 3.65. The maximum Gasteiger partial charge on any atom is 0.321 e. The van der Waals surface area contributed by atoms with Crippen molar-refractivity contribution in [1.82, 2.24) is 0 Å². The summed E-state index contributed by atoms with van der Waals surface area (Å²) in [7, 11) is 0. The van der Waals surface area contributed by atoms with E-state index in [2.05, 4.69) is 12.6 Å². The third-order valence-corrected chi connectivity index (χ3v) is 1.60. The SMILES string of the molecule is CC(=O)CC(C)C.N[C@@H](CS)C(=O)O. The molecule has 0 rings (SSSR count). The summed E-state index contributed by atoms with van der Waals surface area (Å²) in [4.78, 5) is 20.0. The van der Waals surface area contributed by atoms with Gasteiger partial charge in [-0.25, -0.2) is 0 Å². The number of carboxylic acids is 1. The molecule has 3 N–H and O–H groups in total. The maximum atomic E-state index is 10.3. The van der Waals surface area contributed by atoms with E-state index < -0.39 is 12.0 Å². The molecule has 0 aromatic rings. The molecule has 0 radical (unpaired) electrons. The number of carbonyl (C=O) groups is 2. The minimum absolute atomic E-state index is 0.190. The molecule has 1 atom stereocenters. The van der Waals surface area contributed by atoms with Gasteiger partial charge in [-0.1, -0.05) is 13.8 Å². The van der Waals surface area contributed by atoms with Gasteiger partial charge in [-0.05, 0) is 12.8 Å². The number of hydrogen-bond donors (Lipinski definition) is 3. The average Bonchev–Trinajstić information content (AvgIpc) is 2.01. The largest absolute Gasteiger partial charge is 0.480 e. The maximum absolute atomic E-state index is 10.3. The van der Waals surface area contributed by atoms with Crippen LogP contribution < -0.4 is 5.73 Å². The molecule has 0 saturated carbocycles. The first kappa shape index (κ1) is 15.9. The molecule has 0 aliphatic rings. The van der Waals surface area contributed by atoms with Crippen LogP contribution >= 0.6 is 12.6 Å². The van der Waals surface area contributed by atoms with Crippen LogP contribution in [0.2, 0.25) is 0 Å².